The van der Waals surface area contributed by atoms with Crippen LogP contribution < -0.4 is 10.0 Å². The lowest BCUT2D eigenvalue weighted by Crippen LogP contribution is -2.26. The molecule has 0 atom stereocenters. The average Bonchev–Trinajstić information content (AvgIpc) is 2.56. The highest BCUT2D eigenvalue weighted by Crippen LogP contribution is 2.20. The van der Waals surface area contributed by atoms with Gasteiger partial charge in [-0.2, -0.15) is 0 Å². The van der Waals surface area contributed by atoms with Gasteiger partial charge in [-0.15, -0.1) is 0 Å². The summed E-state index contributed by atoms with van der Waals surface area (Å²) in [6.45, 7) is 2.62. The molecule has 0 aliphatic heterocycles. The molecule has 0 amide bonds. The smallest absolute Gasteiger partial charge is 0.337 e. The zero-order valence-corrected chi connectivity index (χ0v) is 14.1. The van der Waals surface area contributed by atoms with Crippen molar-refractivity contribution in [1.82, 2.24) is 4.72 Å². The number of carboxylic acids is 1. The minimum atomic E-state index is -3.76. The summed E-state index contributed by atoms with van der Waals surface area (Å²) in [6, 6.07) is 13.6. The Kier molecular flexibility index (Phi) is 5.94. The highest BCUT2D eigenvalue weighted by atomic mass is 32.2. The third-order valence-electron chi connectivity index (χ3n) is 3.45. The molecule has 0 unspecified atom stereocenters. The number of carbonyl (C=O) groups is 1. The van der Waals surface area contributed by atoms with Crippen molar-refractivity contribution in [3.05, 3.63) is 59.7 Å². The molecule has 6 nitrogen and oxygen atoms in total. The maximum Gasteiger partial charge on any atom is 0.337 e. The van der Waals surface area contributed by atoms with Crippen LogP contribution in [0.25, 0.3) is 0 Å². The molecular formula is C17H20N2O4S. The summed E-state index contributed by atoms with van der Waals surface area (Å²) in [5.41, 5.74) is 1.35. The number of carboxylic acid groups (broad SMARTS) is 1. The molecule has 0 radical (unpaired) electrons. The predicted octanol–water partition coefficient (Wildman–Crippen LogP) is 2.34. The van der Waals surface area contributed by atoms with Crippen LogP contribution in [0.15, 0.2) is 53.4 Å². The number of nitrogens with one attached hydrogen (secondary N) is 2. The molecule has 2 rings (SSSR count). The van der Waals surface area contributed by atoms with Gasteiger partial charge >= 0.3 is 5.97 Å². The molecule has 24 heavy (non-hydrogen) atoms. The molecule has 0 fully saturated rings. The van der Waals surface area contributed by atoms with Crippen molar-refractivity contribution in [3.63, 3.8) is 0 Å². The van der Waals surface area contributed by atoms with E-state index in [1.165, 1.54) is 18.2 Å². The number of hydrogen-bond donors (Lipinski definition) is 3. The minimum absolute atomic E-state index is 0.0605. The van der Waals surface area contributed by atoms with E-state index in [-0.39, 0.29) is 17.0 Å². The van der Waals surface area contributed by atoms with Gasteiger partial charge in [-0.05, 0) is 37.1 Å². The first-order valence-corrected chi connectivity index (χ1v) is 9.07. The molecule has 0 heterocycles. The standard InChI is InChI=1S/C17H20N2O4S/c1-2-18-16-9-8-14(12-15(16)17(20)21)24(22,23)19-11-10-13-6-4-3-5-7-13/h3-9,12,18-19H,2,10-11H2,1H3,(H,20,21). The largest absolute Gasteiger partial charge is 0.478 e. The summed E-state index contributed by atoms with van der Waals surface area (Å²) in [5, 5.41) is 12.2. The van der Waals surface area contributed by atoms with Crippen molar-refractivity contribution in [2.24, 2.45) is 0 Å². The highest BCUT2D eigenvalue weighted by Gasteiger charge is 2.18. The molecule has 0 spiro atoms. The lowest BCUT2D eigenvalue weighted by molar-refractivity contribution is 0.0697. The summed E-state index contributed by atoms with van der Waals surface area (Å²) in [4.78, 5) is 11.3. The van der Waals surface area contributed by atoms with Crippen LogP contribution in [0.2, 0.25) is 0 Å². The fraction of sp³-hybridized carbons (Fsp3) is 0.235. The monoisotopic (exact) mass is 348 g/mol. The fourth-order valence-corrected chi connectivity index (χ4v) is 3.33. The van der Waals surface area contributed by atoms with Crippen LogP contribution in [-0.2, 0) is 16.4 Å². The summed E-state index contributed by atoms with van der Waals surface area (Å²) < 4.78 is 27.2. The first-order valence-electron chi connectivity index (χ1n) is 7.59. The summed E-state index contributed by atoms with van der Waals surface area (Å²) in [6.07, 6.45) is 0.557. The zero-order valence-electron chi connectivity index (χ0n) is 13.3. The van der Waals surface area contributed by atoms with E-state index in [1.54, 1.807) is 0 Å². The SMILES string of the molecule is CCNc1ccc(S(=O)(=O)NCCc2ccccc2)cc1C(=O)O. The van der Waals surface area contributed by atoms with Crippen molar-refractivity contribution in [1.29, 1.82) is 0 Å². The van der Waals surface area contributed by atoms with Crippen molar-refractivity contribution < 1.29 is 18.3 Å². The quantitative estimate of drug-likeness (QED) is 0.680. The molecule has 0 aliphatic rings. The number of rotatable bonds is 8. The Balaban J connectivity index is 2.13. The van der Waals surface area contributed by atoms with Crippen LogP contribution in [0.5, 0.6) is 0 Å². The van der Waals surface area contributed by atoms with Gasteiger partial charge in [0.05, 0.1) is 10.5 Å². The van der Waals surface area contributed by atoms with Gasteiger partial charge in [-0.25, -0.2) is 17.9 Å². The van der Waals surface area contributed by atoms with Gasteiger partial charge in [-0.1, -0.05) is 30.3 Å². The Morgan fingerprint density at radius 1 is 1.12 bits per heavy atom. The Hall–Kier alpha value is -2.38. The van der Waals surface area contributed by atoms with E-state index in [2.05, 4.69) is 10.0 Å². The number of anilines is 1. The van der Waals surface area contributed by atoms with Crippen LogP contribution in [0.4, 0.5) is 5.69 Å². The van der Waals surface area contributed by atoms with Crippen molar-refractivity contribution >= 4 is 21.7 Å². The number of hydrogen-bond acceptors (Lipinski definition) is 4. The molecule has 128 valence electrons. The second-order valence-corrected chi connectivity index (χ2v) is 6.94. The topological polar surface area (TPSA) is 95.5 Å². The third kappa shape index (κ3) is 4.56. The van der Waals surface area contributed by atoms with Crippen LogP contribution >= 0.6 is 0 Å². The molecule has 0 aromatic heterocycles. The minimum Gasteiger partial charge on any atom is -0.478 e. The van der Waals surface area contributed by atoms with Crippen LogP contribution in [0, 0.1) is 0 Å². The molecule has 0 saturated heterocycles. The van der Waals surface area contributed by atoms with E-state index in [9.17, 15) is 18.3 Å². The molecule has 0 saturated carbocycles. The van der Waals surface area contributed by atoms with Crippen molar-refractivity contribution in [2.75, 3.05) is 18.4 Å². The molecular weight excluding hydrogens is 328 g/mol. The van der Waals surface area contributed by atoms with Crippen LogP contribution in [0.1, 0.15) is 22.8 Å². The van der Waals surface area contributed by atoms with Crippen molar-refractivity contribution in [3.8, 4) is 0 Å². The molecule has 0 bridgehead atoms. The van der Waals surface area contributed by atoms with E-state index in [0.717, 1.165) is 5.56 Å². The van der Waals surface area contributed by atoms with Crippen LogP contribution in [0.3, 0.4) is 0 Å². The maximum absolute atomic E-state index is 12.3. The number of sulfonamides is 1. The first-order chi connectivity index (χ1) is 11.4. The van der Waals surface area contributed by atoms with Gasteiger partial charge in [0, 0.05) is 18.8 Å². The lowest BCUT2D eigenvalue weighted by atomic mass is 10.2. The van der Waals surface area contributed by atoms with E-state index < -0.39 is 16.0 Å². The maximum atomic E-state index is 12.3. The van der Waals surface area contributed by atoms with Crippen molar-refractivity contribution in [2.45, 2.75) is 18.2 Å². The van der Waals surface area contributed by atoms with E-state index in [1.807, 2.05) is 37.3 Å². The molecule has 2 aromatic carbocycles. The van der Waals surface area contributed by atoms with Crippen LogP contribution in [-0.4, -0.2) is 32.6 Å². The molecule has 3 N–H and O–H groups in total. The number of benzene rings is 2. The van der Waals surface area contributed by atoms with E-state index >= 15 is 0 Å². The summed E-state index contributed by atoms with van der Waals surface area (Å²) in [5.74, 6) is -1.17. The first kappa shape index (κ1) is 18.0. The summed E-state index contributed by atoms with van der Waals surface area (Å²) in [7, 11) is -3.76. The Labute approximate surface area is 141 Å². The highest BCUT2D eigenvalue weighted by molar-refractivity contribution is 7.89. The normalized spacial score (nSPS) is 11.2. The Morgan fingerprint density at radius 3 is 2.46 bits per heavy atom. The second kappa shape index (κ2) is 7.94. The Bertz CT molecular complexity index is 805. The average molecular weight is 348 g/mol. The predicted molar refractivity (Wildman–Crippen MR) is 92.9 cm³/mol. The lowest BCUT2D eigenvalue weighted by Gasteiger charge is -2.11. The third-order valence-corrected chi connectivity index (χ3v) is 4.91. The van der Waals surface area contributed by atoms with Gasteiger partial charge in [0.25, 0.3) is 0 Å². The van der Waals surface area contributed by atoms with Gasteiger partial charge < -0.3 is 10.4 Å². The van der Waals surface area contributed by atoms with E-state index in [4.69, 9.17) is 0 Å². The van der Waals surface area contributed by atoms with Gasteiger partial charge in [0.2, 0.25) is 10.0 Å². The van der Waals surface area contributed by atoms with Gasteiger partial charge in [-0.3, -0.25) is 0 Å². The van der Waals surface area contributed by atoms with E-state index in [0.29, 0.717) is 18.7 Å². The fourth-order valence-electron chi connectivity index (χ4n) is 2.27. The second-order valence-electron chi connectivity index (χ2n) is 5.18. The Morgan fingerprint density at radius 2 is 1.83 bits per heavy atom. The molecule has 0 aliphatic carbocycles. The number of aromatic carboxylic acids is 1. The summed E-state index contributed by atoms with van der Waals surface area (Å²) >= 11 is 0. The molecule has 7 heteroatoms. The molecule has 2 aromatic rings. The van der Waals surface area contributed by atoms with Gasteiger partial charge in [0.1, 0.15) is 0 Å². The van der Waals surface area contributed by atoms with Gasteiger partial charge in [0.15, 0.2) is 0 Å². The zero-order chi connectivity index (χ0) is 17.6.